The third-order valence-electron chi connectivity index (χ3n) is 6.10. The van der Waals surface area contributed by atoms with E-state index in [-0.39, 0.29) is 23.8 Å². The van der Waals surface area contributed by atoms with Crippen molar-refractivity contribution >= 4 is 11.9 Å². The number of carbonyl (C=O) groups excluding carboxylic acids is 1. The number of methoxy groups -OCH3 is 1. The van der Waals surface area contributed by atoms with E-state index in [0.717, 1.165) is 42.0 Å². The summed E-state index contributed by atoms with van der Waals surface area (Å²) in [6, 6.07) is 6.68. The molecular formula is C25H34N2O6. The second-order valence-electron chi connectivity index (χ2n) is 8.84. The first-order chi connectivity index (χ1) is 15.8. The van der Waals surface area contributed by atoms with Crippen molar-refractivity contribution in [2.24, 2.45) is 11.8 Å². The molecule has 1 heterocycles. The lowest BCUT2D eigenvalue weighted by molar-refractivity contribution is -0.144. The molecule has 1 aromatic heterocycles. The van der Waals surface area contributed by atoms with Crippen LogP contribution in [0.15, 0.2) is 28.7 Å². The summed E-state index contributed by atoms with van der Waals surface area (Å²) in [5.41, 5.74) is 1.59. The number of rotatable bonds is 10. The van der Waals surface area contributed by atoms with Gasteiger partial charge in [-0.2, -0.15) is 0 Å². The number of carboxylic acids is 1. The maximum absolute atomic E-state index is 12.7. The first kappa shape index (κ1) is 24.8. The van der Waals surface area contributed by atoms with Crippen molar-refractivity contribution in [2.75, 3.05) is 7.11 Å². The molecule has 2 unspecified atom stereocenters. The average molecular weight is 459 g/mol. The monoisotopic (exact) mass is 458 g/mol. The first-order valence-electron chi connectivity index (χ1n) is 11.6. The Morgan fingerprint density at radius 1 is 1.30 bits per heavy atom. The number of nitrogens with zero attached hydrogens (tertiary/aromatic N) is 1. The van der Waals surface area contributed by atoms with Gasteiger partial charge in [-0.1, -0.05) is 33.3 Å². The molecule has 1 aliphatic rings. The number of aryl methyl sites for hydroxylation is 1. The Bertz CT molecular complexity index is 954. The molecule has 0 aliphatic heterocycles. The second-order valence-corrected chi connectivity index (χ2v) is 8.84. The molecule has 1 aliphatic carbocycles. The Kier molecular flexibility index (Phi) is 8.49. The number of nitrogens with one attached hydrogen (secondary N) is 1. The fourth-order valence-corrected chi connectivity index (χ4v) is 4.17. The molecule has 2 aromatic rings. The molecular weight excluding hydrogens is 424 g/mol. The van der Waals surface area contributed by atoms with Gasteiger partial charge in [0.15, 0.2) is 0 Å². The number of ether oxygens (including phenoxy) is 2. The van der Waals surface area contributed by atoms with Gasteiger partial charge >= 0.3 is 5.97 Å². The van der Waals surface area contributed by atoms with Gasteiger partial charge < -0.3 is 24.3 Å². The molecule has 1 amide bonds. The fourth-order valence-electron chi connectivity index (χ4n) is 4.17. The maximum Gasteiger partial charge on any atom is 0.326 e. The van der Waals surface area contributed by atoms with E-state index in [2.05, 4.69) is 10.3 Å². The summed E-state index contributed by atoms with van der Waals surface area (Å²) in [6.45, 7) is 5.89. The summed E-state index contributed by atoms with van der Waals surface area (Å²) < 4.78 is 17.4. The van der Waals surface area contributed by atoms with E-state index < -0.39 is 12.0 Å². The van der Waals surface area contributed by atoms with Gasteiger partial charge in [-0.05, 0) is 43.4 Å². The standard InChI is InChI=1S/C25H34N2O6/c1-5-21-20(26-24(33-21)17-9-7-10-18(13-17)31-4)14-32-19-11-6-8-16(12-19)23(28)27-22(15(2)3)25(29)30/h7,9-10,13,15-16,19,22H,5-6,8,11-12,14H2,1-4H3,(H,27,28)(H,29,30)/t16?,19?,22-/m1/s1. The summed E-state index contributed by atoms with van der Waals surface area (Å²) in [7, 11) is 1.62. The van der Waals surface area contributed by atoms with Crippen molar-refractivity contribution in [1.29, 1.82) is 0 Å². The van der Waals surface area contributed by atoms with E-state index in [4.69, 9.17) is 13.9 Å². The number of aliphatic carboxylic acids is 1. The van der Waals surface area contributed by atoms with Crippen molar-refractivity contribution in [3.8, 4) is 17.2 Å². The molecule has 0 radical (unpaired) electrons. The molecule has 2 N–H and O–H groups in total. The zero-order valence-electron chi connectivity index (χ0n) is 19.8. The van der Waals surface area contributed by atoms with Crippen LogP contribution in [0.5, 0.6) is 5.75 Å². The second kappa shape index (κ2) is 11.3. The van der Waals surface area contributed by atoms with Crippen LogP contribution in [0, 0.1) is 11.8 Å². The molecule has 8 nitrogen and oxygen atoms in total. The maximum atomic E-state index is 12.7. The van der Waals surface area contributed by atoms with Gasteiger partial charge in [-0.15, -0.1) is 0 Å². The molecule has 0 bridgehead atoms. The Balaban J connectivity index is 1.62. The Labute approximate surface area is 194 Å². The van der Waals surface area contributed by atoms with E-state index in [1.807, 2.05) is 31.2 Å². The average Bonchev–Trinajstić information content (AvgIpc) is 3.24. The summed E-state index contributed by atoms with van der Waals surface area (Å²) in [6.07, 6.45) is 3.63. The zero-order valence-corrected chi connectivity index (χ0v) is 19.8. The number of carbonyl (C=O) groups is 2. The highest BCUT2D eigenvalue weighted by atomic mass is 16.5. The van der Waals surface area contributed by atoms with Gasteiger partial charge in [0.05, 0.1) is 19.8 Å². The van der Waals surface area contributed by atoms with E-state index in [1.54, 1.807) is 21.0 Å². The van der Waals surface area contributed by atoms with Gasteiger partial charge in [0.1, 0.15) is 23.2 Å². The highest BCUT2D eigenvalue weighted by Crippen LogP contribution is 2.30. The van der Waals surface area contributed by atoms with Crippen molar-refractivity contribution < 1.29 is 28.6 Å². The molecule has 180 valence electrons. The molecule has 0 saturated heterocycles. The minimum Gasteiger partial charge on any atom is -0.497 e. The van der Waals surface area contributed by atoms with Crippen molar-refractivity contribution in [2.45, 2.75) is 71.6 Å². The molecule has 33 heavy (non-hydrogen) atoms. The smallest absolute Gasteiger partial charge is 0.326 e. The summed E-state index contributed by atoms with van der Waals surface area (Å²) >= 11 is 0. The van der Waals surface area contributed by atoms with Crippen LogP contribution in [0.25, 0.3) is 11.5 Å². The summed E-state index contributed by atoms with van der Waals surface area (Å²) in [5.74, 6) is 0.390. The third kappa shape index (κ3) is 6.35. The zero-order chi connectivity index (χ0) is 24.0. The molecule has 0 spiro atoms. The van der Waals surface area contributed by atoms with Crippen molar-refractivity contribution in [3.63, 3.8) is 0 Å². The van der Waals surface area contributed by atoms with Crippen LogP contribution in [0.2, 0.25) is 0 Å². The molecule has 1 saturated carbocycles. The van der Waals surface area contributed by atoms with Gasteiger partial charge in [0.25, 0.3) is 0 Å². The van der Waals surface area contributed by atoms with Crippen LogP contribution in [0.4, 0.5) is 0 Å². The molecule has 1 aromatic carbocycles. The van der Waals surface area contributed by atoms with Gasteiger partial charge in [0.2, 0.25) is 11.8 Å². The van der Waals surface area contributed by atoms with Gasteiger partial charge in [-0.25, -0.2) is 9.78 Å². The third-order valence-corrected chi connectivity index (χ3v) is 6.10. The molecule has 3 rings (SSSR count). The first-order valence-corrected chi connectivity index (χ1v) is 11.6. The quantitative estimate of drug-likeness (QED) is 0.548. The predicted molar refractivity (Wildman–Crippen MR) is 123 cm³/mol. The van der Waals surface area contributed by atoms with E-state index in [1.165, 1.54) is 0 Å². The number of aromatic nitrogens is 1. The van der Waals surface area contributed by atoms with E-state index >= 15 is 0 Å². The molecule has 1 fully saturated rings. The Morgan fingerprint density at radius 2 is 2.09 bits per heavy atom. The minimum atomic E-state index is -1.01. The topological polar surface area (TPSA) is 111 Å². The number of oxazole rings is 1. The number of hydrogen-bond donors (Lipinski definition) is 2. The minimum absolute atomic E-state index is 0.0847. The number of carboxylic acid groups (broad SMARTS) is 1. The largest absolute Gasteiger partial charge is 0.497 e. The number of benzene rings is 1. The van der Waals surface area contributed by atoms with Crippen LogP contribution in [0.3, 0.4) is 0 Å². The lowest BCUT2D eigenvalue weighted by Crippen LogP contribution is -2.47. The normalized spacial score (nSPS) is 19.3. The van der Waals surface area contributed by atoms with Crippen LogP contribution < -0.4 is 10.1 Å². The van der Waals surface area contributed by atoms with Gasteiger partial charge in [0, 0.05) is 17.9 Å². The lowest BCUT2D eigenvalue weighted by atomic mass is 9.86. The van der Waals surface area contributed by atoms with Crippen LogP contribution >= 0.6 is 0 Å². The van der Waals surface area contributed by atoms with Gasteiger partial charge in [-0.3, -0.25) is 4.79 Å². The Hall–Kier alpha value is -2.87. The van der Waals surface area contributed by atoms with Crippen molar-refractivity contribution in [1.82, 2.24) is 10.3 Å². The predicted octanol–water partition coefficient (Wildman–Crippen LogP) is 4.21. The molecule has 8 heteroatoms. The van der Waals surface area contributed by atoms with Crippen molar-refractivity contribution in [3.05, 3.63) is 35.7 Å². The number of hydrogen-bond acceptors (Lipinski definition) is 6. The van der Waals surface area contributed by atoms with Crippen LogP contribution in [0.1, 0.15) is 57.9 Å². The van der Waals surface area contributed by atoms with Crippen LogP contribution in [-0.4, -0.2) is 41.2 Å². The summed E-state index contributed by atoms with van der Waals surface area (Å²) in [5, 5.41) is 12.1. The number of amides is 1. The van der Waals surface area contributed by atoms with E-state index in [0.29, 0.717) is 25.3 Å². The molecule has 3 atom stereocenters. The lowest BCUT2D eigenvalue weighted by Gasteiger charge is -2.29. The van der Waals surface area contributed by atoms with E-state index in [9.17, 15) is 14.7 Å². The Morgan fingerprint density at radius 3 is 2.76 bits per heavy atom. The summed E-state index contributed by atoms with van der Waals surface area (Å²) in [4.78, 5) is 28.8. The highest BCUT2D eigenvalue weighted by molar-refractivity contribution is 5.85. The SMILES string of the molecule is CCc1oc(-c2cccc(OC)c2)nc1COC1CCCC(C(=O)N[C@@H](C(=O)O)C(C)C)C1. The fraction of sp³-hybridized carbons (Fsp3) is 0.560. The van der Waals surface area contributed by atoms with Crippen LogP contribution in [-0.2, 0) is 27.4 Å². The highest BCUT2D eigenvalue weighted by Gasteiger charge is 2.32.